The van der Waals surface area contributed by atoms with Crippen molar-refractivity contribution in [1.82, 2.24) is 0 Å². The van der Waals surface area contributed by atoms with Crippen LogP contribution in [0.25, 0.3) is 0 Å². The van der Waals surface area contributed by atoms with E-state index in [0.717, 1.165) is 25.7 Å². The maximum atomic E-state index is 13.0. The molecule has 0 aromatic rings. The molecule has 0 aromatic heterocycles. The van der Waals surface area contributed by atoms with E-state index in [1.807, 2.05) is 6.08 Å². The molecule has 3 unspecified atom stereocenters. The fourth-order valence-electron chi connectivity index (χ4n) is 3.55. The van der Waals surface area contributed by atoms with Crippen molar-refractivity contribution >= 4 is 5.78 Å². The van der Waals surface area contributed by atoms with Crippen molar-refractivity contribution in [3.63, 3.8) is 0 Å². The van der Waals surface area contributed by atoms with Gasteiger partial charge in [0.25, 0.3) is 0 Å². The molecule has 1 saturated carbocycles. The molecule has 1 heteroatoms. The van der Waals surface area contributed by atoms with Gasteiger partial charge in [0.1, 0.15) is 5.78 Å². The number of allylic oxidation sites excluding steroid dienone is 2. The summed E-state index contributed by atoms with van der Waals surface area (Å²) in [6.45, 7) is 16.5. The van der Waals surface area contributed by atoms with Crippen molar-refractivity contribution < 1.29 is 4.79 Å². The molecule has 19 heavy (non-hydrogen) atoms. The summed E-state index contributed by atoms with van der Waals surface area (Å²) >= 11 is 0. The Balaban J connectivity index is 3.04. The maximum absolute atomic E-state index is 13.0. The third-order valence-electron chi connectivity index (χ3n) is 4.99. The van der Waals surface area contributed by atoms with Gasteiger partial charge in [-0.05, 0) is 50.9 Å². The van der Waals surface area contributed by atoms with Gasteiger partial charge in [0.2, 0.25) is 0 Å². The Hall–Kier alpha value is -0.850. The van der Waals surface area contributed by atoms with Crippen molar-refractivity contribution in [1.29, 1.82) is 0 Å². The number of rotatable bonds is 6. The quantitative estimate of drug-likeness (QED) is 0.603. The van der Waals surface area contributed by atoms with Gasteiger partial charge in [0.05, 0.1) is 0 Å². The summed E-state index contributed by atoms with van der Waals surface area (Å²) in [4.78, 5) is 13.0. The number of ketones is 1. The van der Waals surface area contributed by atoms with E-state index >= 15 is 0 Å². The first-order valence-electron chi connectivity index (χ1n) is 7.64. The standard InChI is InChI=1S/C18H30O/c1-7-11-18(12-10-13(2)3)15(6)8-9-16(14(4)5)17(18)19/h7,14-16H,1-2,8-12H2,3-6H3. The lowest BCUT2D eigenvalue weighted by atomic mass is 9.57. The summed E-state index contributed by atoms with van der Waals surface area (Å²) in [5, 5.41) is 0. The Morgan fingerprint density at radius 3 is 2.58 bits per heavy atom. The van der Waals surface area contributed by atoms with Crippen molar-refractivity contribution in [2.24, 2.45) is 23.2 Å². The smallest absolute Gasteiger partial charge is 0.142 e. The second-order valence-electron chi connectivity index (χ2n) is 6.80. The molecule has 1 aliphatic rings. The summed E-state index contributed by atoms with van der Waals surface area (Å²) in [5.41, 5.74) is 0.989. The van der Waals surface area contributed by atoms with Crippen LogP contribution in [0, 0.1) is 23.2 Å². The fourth-order valence-corrected chi connectivity index (χ4v) is 3.55. The Labute approximate surface area is 119 Å². The third-order valence-corrected chi connectivity index (χ3v) is 4.99. The van der Waals surface area contributed by atoms with Crippen LogP contribution >= 0.6 is 0 Å². The molecule has 0 heterocycles. The maximum Gasteiger partial charge on any atom is 0.142 e. The third kappa shape index (κ3) is 3.38. The van der Waals surface area contributed by atoms with Crippen LogP contribution in [0.1, 0.15) is 59.8 Å². The Bertz CT molecular complexity index is 353. The zero-order chi connectivity index (χ0) is 14.6. The number of carbonyl (C=O) groups excluding carboxylic acids is 1. The predicted octanol–water partition coefficient (Wildman–Crippen LogP) is 5.18. The molecule has 1 nitrogen and oxygen atoms in total. The van der Waals surface area contributed by atoms with Gasteiger partial charge >= 0.3 is 0 Å². The summed E-state index contributed by atoms with van der Waals surface area (Å²) in [6.07, 6.45) is 6.88. The second-order valence-corrected chi connectivity index (χ2v) is 6.80. The highest BCUT2D eigenvalue weighted by Crippen LogP contribution is 2.49. The first-order valence-corrected chi connectivity index (χ1v) is 7.64. The molecule has 0 saturated heterocycles. The average Bonchev–Trinajstić information content (AvgIpc) is 2.32. The minimum absolute atomic E-state index is 0.187. The molecule has 1 aliphatic carbocycles. The van der Waals surface area contributed by atoms with Gasteiger partial charge in [0, 0.05) is 11.3 Å². The van der Waals surface area contributed by atoms with Crippen molar-refractivity contribution in [2.45, 2.75) is 59.8 Å². The Kier molecular flexibility index (Phi) is 5.58. The Morgan fingerprint density at radius 2 is 2.11 bits per heavy atom. The van der Waals surface area contributed by atoms with Crippen LogP contribution in [-0.2, 0) is 4.79 Å². The van der Waals surface area contributed by atoms with E-state index < -0.39 is 0 Å². The van der Waals surface area contributed by atoms with Crippen molar-refractivity contribution in [3.8, 4) is 0 Å². The molecule has 1 fully saturated rings. The molecule has 0 aliphatic heterocycles. The van der Waals surface area contributed by atoms with E-state index in [9.17, 15) is 4.79 Å². The predicted molar refractivity (Wildman–Crippen MR) is 83.0 cm³/mol. The topological polar surface area (TPSA) is 17.1 Å². The van der Waals surface area contributed by atoms with Crippen LogP contribution < -0.4 is 0 Å². The highest BCUT2D eigenvalue weighted by molar-refractivity contribution is 5.88. The van der Waals surface area contributed by atoms with Crippen LogP contribution in [0.15, 0.2) is 24.8 Å². The average molecular weight is 262 g/mol. The number of Topliss-reactive ketones (excluding diaryl/α,β-unsaturated/α-hetero) is 1. The van der Waals surface area contributed by atoms with Gasteiger partial charge in [-0.1, -0.05) is 32.4 Å². The van der Waals surface area contributed by atoms with E-state index in [1.165, 1.54) is 12.0 Å². The first kappa shape index (κ1) is 16.2. The number of hydrogen-bond donors (Lipinski definition) is 0. The normalized spacial score (nSPS) is 31.5. The van der Waals surface area contributed by atoms with Crippen LogP contribution in [0.3, 0.4) is 0 Å². The molecule has 108 valence electrons. The minimum Gasteiger partial charge on any atom is -0.299 e. The first-order chi connectivity index (χ1) is 8.85. The summed E-state index contributed by atoms with van der Waals surface area (Å²) in [7, 11) is 0. The second kappa shape index (κ2) is 6.54. The molecule has 0 amide bonds. The van der Waals surface area contributed by atoms with Crippen LogP contribution in [0.5, 0.6) is 0 Å². The van der Waals surface area contributed by atoms with Crippen LogP contribution in [0.4, 0.5) is 0 Å². The number of hydrogen-bond acceptors (Lipinski definition) is 1. The van der Waals surface area contributed by atoms with E-state index in [0.29, 0.717) is 17.6 Å². The van der Waals surface area contributed by atoms with Gasteiger partial charge in [0.15, 0.2) is 0 Å². The molecule has 3 atom stereocenters. The fraction of sp³-hybridized carbons (Fsp3) is 0.722. The lowest BCUT2D eigenvalue weighted by Gasteiger charge is -2.45. The van der Waals surface area contributed by atoms with Crippen molar-refractivity contribution in [2.75, 3.05) is 0 Å². The highest BCUT2D eigenvalue weighted by Gasteiger charge is 2.48. The summed E-state index contributed by atoms with van der Waals surface area (Å²) in [5.74, 6) is 1.64. The zero-order valence-electron chi connectivity index (χ0n) is 13.2. The van der Waals surface area contributed by atoms with Gasteiger partial charge in [-0.15, -0.1) is 13.2 Å². The highest BCUT2D eigenvalue weighted by atomic mass is 16.1. The zero-order valence-corrected chi connectivity index (χ0v) is 13.2. The van der Waals surface area contributed by atoms with Gasteiger partial charge in [-0.25, -0.2) is 0 Å². The van der Waals surface area contributed by atoms with E-state index in [2.05, 4.69) is 40.9 Å². The van der Waals surface area contributed by atoms with Gasteiger partial charge in [-0.2, -0.15) is 0 Å². The van der Waals surface area contributed by atoms with E-state index in [4.69, 9.17) is 0 Å². The molecule has 0 spiro atoms. The SMILES string of the molecule is C=CCC1(CCC(=C)C)C(=O)C(C(C)C)CCC1C. The Morgan fingerprint density at radius 1 is 1.47 bits per heavy atom. The van der Waals surface area contributed by atoms with E-state index in [-0.39, 0.29) is 11.3 Å². The lowest BCUT2D eigenvalue weighted by Crippen LogP contribution is -2.46. The molecule has 0 aromatic carbocycles. The van der Waals surface area contributed by atoms with E-state index in [1.54, 1.807) is 0 Å². The molecular formula is C18H30O. The summed E-state index contributed by atoms with van der Waals surface area (Å²) in [6, 6.07) is 0. The van der Waals surface area contributed by atoms with Crippen LogP contribution in [-0.4, -0.2) is 5.78 Å². The molecule has 1 rings (SSSR count). The van der Waals surface area contributed by atoms with Gasteiger partial charge in [-0.3, -0.25) is 4.79 Å². The van der Waals surface area contributed by atoms with Crippen molar-refractivity contribution in [3.05, 3.63) is 24.8 Å². The lowest BCUT2D eigenvalue weighted by molar-refractivity contribution is -0.142. The largest absolute Gasteiger partial charge is 0.299 e. The van der Waals surface area contributed by atoms with Gasteiger partial charge < -0.3 is 0 Å². The molecular weight excluding hydrogens is 232 g/mol. The summed E-state index contributed by atoms with van der Waals surface area (Å²) < 4.78 is 0. The minimum atomic E-state index is -0.187. The number of carbonyl (C=O) groups is 1. The van der Waals surface area contributed by atoms with Crippen LogP contribution in [0.2, 0.25) is 0 Å². The monoisotopic (exact) mass is 262 g/mol. The molecule has 0 bridgehead atoms. The molecule has 0 N–H and O–H groups in total. The molecule has 0 radical (unpaired) electrons.